The average Bonchev–Trinajstić information content (AvgIpc) is 2.82. The third-order valence-corrected chi connectivity index (χ3v) is 5.85. The maximum Gasteiger partial charge on any atom is 0.241 e. The summed E-state index contributed by atoms with van der Waals surface area (Å²) in [6.45, 7) is 3.43. The SMILES string of the molecule is Cc1cc(N)cc(S(=O)(=O)NC2(CO)CCCC2)c1C. The van der Waals surface area contributed by atoms with E-state index < -0.39 is 15.6 Å². The molecule has 1 saturated carbocycles. The first-order valence-electron chi connectivity index (χ1n) is 6.81. The summed E-state index contributed by atoms with van der Waals surface area (Å²) < 4.78 is 27.9. The van der Waals surface area contributed by atoms with Gasteiger partial charge in [0, 0.05) is 5.69 Å². The number of aliphatic hydroxyl groups is 1. The molecule has 0 radical (unpaired) electrons. The van der Waals surface area contributed by atoms with Crippen molar-refractivity contribution in [3.05, 3.63) is 23.3 Å². The summed E-state index contributed by atoms with van der Waals surface area (Å²) in [5.74, 6) is 0. The van der Waals surface area contributed by atoms with Crippen LogP contribution in [-0.2, 0) is 10.0 Å². The number of hydrogen-bond acceptors (Lipinski definition) is 4. The number of sulfonamides is 1. The highest BCUT2D eigenvalue weighted by atomic mass is 32.2. The van der Waals surface area contributed by atoms with Crippen molar-refractivity contribution in [2.45, 2.75) is 50.0 Å². The van der Waals surface area contributed by atoms with Gasteiger partial charge in [-0.25, -0.2) is 13.1 Å². The zero-order chi connectivity index (χ0) is 15.0. The molecule has 4 N–H and O–H groups in total. The summed E-state index contributed by atoms with van der Waals surface area (Å²) in [7, 11) is -3.68. The fourth-order valence-corrected chi connectivity index (χ4v) is 4.62. The van der Waals surface area contributed by atoms with Crippen LogP contribution in [0.25, 0.3) is 0 Å². The molecule has 2 rings (SSSR count). The zero-order valence-corrected chi connectivity index (χ0v) is 12.8. The van der Waals surface area contributed by atoms with Crippen molar-refractivity contribution in [3.8, 4) is 0 Å². The van der Waals surface area contributed by atoms with Gasteiger partial charge in [-0.15, -0.1) is 0 Å². The molecule has 0 amide bonds. The second-order valence-electron chi connectivity index (χ2n) is 5.71. The van der Waals surface area contributed by atoms with Crippen LogP contribution in [0.5, 0.6) is 0 Å². The Balaban J connectivity index is 2.41. The quantitative estimate of drug-likeness (QED) is 0.734. The fraction of sp³-hybridized carbons (Fsp3) is 0.571. The van der Waals surface area contributed by atoms with Gasteiger partial charge in [0.1, 0.15) is 0 Å². The van der Waals surface area contributed by atoms with Gasteiger partial charge in [-0.05, 0) is 49.9 Å². The van der Waals surface area contributed by atoms with Crippen molar-refractivity contribution in [2.75, 3.05) is 12.3 Å². The number of benzene rings is 1. The number of rotatable bonds is 4. The molecule has 1 aliphatic rings. The minimum absolute atomic E-state index is 0.174. The van der Waals surface area contributed by atoms with Gasteiger partial charge in [0.2, 0.25) is 10.0 Å². The molecule has 0 aromatic heterocycles. The fourth-order valence-electron chi connectivity index (χ4n) is 2.82. The first-order chi connectivity index (χ1) is 9.30. The highest BCUT2D eigenvalue weighted by Gasteiger charge is 2.38. The van der Waals surface area contributed by atoms with Crippen molar-refractivity contribution >= 4 is 15.7 Å². The van der Waals surface area contributed by atoms with E-state index in [2.05, 4.69) is 4.72 Å². The first kappa shape index (κ1) is 15.3. The van der Waals surface area contributed by atoms with Gasteiger partial charge in [0.05, 0.1) is 17.0 Å². The molecule has 0 spiro atoms. The van der Waals surface area contributed by atoms with E-state index in [1.165, 1.54) is 6.07 Å². The summed E-state index contributed by atoms with van der Waals surface area (Å²) in [6, 6.07) is 3.23. The summed E-state index contributed by atoms with van der Waals surface area (Å²) in [5.41, 5.74) is 7.00. The topological polar surface area (TPSA) is 92.4 Å². The maximum atomic E-state index is 12.6. The molecular weight excluding hydrogens is 276 g/mol. The smallest absolute Gasteiger partial charge is 0.241 e. The molecular formula is C14H22N2O3S. The molecule has 0 heterocycles. The van der Waals surface area contributed by atoms with Gasteiger partial charge in [-0.1, -0.05) is 12.8 Å². The Kier molecular flexibility index (Phi) is 4.09. The molecule has 6 heteroatoms. The molecule has 0 aliphatic heterocycles. The Bertz CT molecular complexity index is 605. The van der Waals surface area contributed by atoms with E-state index in [0.717, 1.165) is 18.4 Å². The second-order valence-corrected chi connectivity index (χ2v) is 7.36. The third kappa shape index (κ3) is 2.82. The van der Waals surface area contributed by atoms with Gasteiger partial charge in [0.15, 0.2) is 0 Å². The minimum Gasteiger partial charge on any atom is -0.399 e. The number of anilines is 1. The Morgan fingerprint density at radius 3 is 2.45 bits per heavy atom. The molecule has 1 aromatic carbocycles. The van der Waals surface area contributed by atoms with E-state index in [4.69, 9.17) is 5.73 Å². The Labute approximate surface area is 120 Å². The standard InChI is InChI=1S/C14H22N2O3S/c1-10-7-12(15)8-13(11(10)2)20(18,19)16-14(9-17)5-3-4-6-14/h7-8,16-17H,3-6,9,15H2,1-2H3. The number of aliphatic hydroxyl groups excluding tert-OH is 1. The molecule has 112 valence electrons. The van der Waals surface area contributed by atoms with E-state index >= 15 is 0 Å². The van der Waals surface area contributed by atoms with Crippen LogP contribution in [0.15, 0.2) is 17.0 Å². The molecule has 20 heavy (non-hydrogen) atoms. The van der Waals surface area contributed by atoms with Crippen LogP contribution in [-0.4, -0.2) is 25.7 Å². The van der Waals surface area contributed by atoms with Crippen LogP contribution in [0, 0.1) is 13.8 Å². The number of nitrogen functional groups attached to an aromatic ring is 1. The van der Waals surface area contributed by atoms with E-state index in [0.29, 0.717) is 24.1 Å². The monoisotopic (exact) mass is 298 g/mol. The van der Waals surface area contributed by atoms with E-state index in [1.807, 2.05) is 6.92 Å². The second kappa shape index (κ2) is 5.35. The Hall–Kier alpha value is -1.11. The summed E-state index contributed by atoms with van der Waals surface area (Å²) in [5, 5.41) is 9.55. The Morgan fingerprint density at radius 2 is 1.90 bits per heavy atom. The minimum atomic E-state index is -3.68. The lowest BCUT2D eigenvalue weighted by Gasteiger charge is -2.28. The van der Waals surface area contributed by atoms with Crippen molar-refractivity contribution in [1.82, 2.24) is 4.72 Å². The molecule has 0 saturated heterocycles. The molecule has 0 unspecified atom stereocenters. The van der Waals surface area contributed by atoms with Gasteiger partial charge in [-0.2, -0.15) is 0 Å². The lowest BCUT2D eigenvalue weighted by atomic mass is 10.0. The third-order valence-electron chi connectivity index (χ3n) is 4.15. The van der Waals surface area contributed by atoms with Gasteiger partial charge in [-0.3, -0.25) is 0 Å². The van der Waals surface area contributed by atoms with Crippen LogP contribution < -0.4 is 10.5 Å². The molecule has 5 nitrogen and oxygen atoms in total. The van der Waals surface area contributed by atoms with Crippen LogP contribution >= 0.6 is 0 Å². The first-order valence-corrected chi connectivity index (χ1v) is 8.30. The van der Waals surface area contributed by atoms with Crippen molar-refractivity contribution in [2.24, 2.45) is 0 Å². The lowest BCUT2D eigenvalue weighted by molar-refractivity contribution is 0.185. The summed E-state index contributed by atoms with van der Waals surface area (Å²) in [4.78, 5) is 0.203. The van der Waals surface area contributed by atoms with Gasteiger partial charge in [0.25, 0.3) is 0 Å². The Morgan fingerprint density at radius 1 is 1.30 bits per heavy atom. The normalized spacial score (nSPS) is 18.4. The van der Waals surface area contributed by atoms with Crippen molar-refractivity contribution < 1.29 is 13.5 Å². The number of hydrogen-bond donors (Lipinski definition) is 3. The summed E-state index contributed by atoms with van der Waals surface area (Å²) >= 11 is 0. The number of nitrogens with two attached hydrogens (primary N) is 1. The number of nitrogens with one attached hydrogen (secondary N) is 1. The molecule has 0 bridgehead atoms. The molecule has 1 aliphatic carbocycles. The summed E-state index contributed by atoms with van der Waals surface area (Å²) in [6.07, 6.45) is 3.20. The predicted octanol–water partition coefficient (Wildman–Crippen LogP) is 1.47. The average molecular weight is 298 g/mol. The van der Waals surface area contributed by atoms with E-state index in [9.17, 15) is 13.5 Å². The van der Waals surface area contributed by atoms with Gasteiger partial charge < -0.3 is 10.8 Å². The van der Waals surface area contributed by atoms with Gasteiger partial charge >= 0.3 is 0 Å². The molecule has 1 aromatic rings. The largest absolute Gasteiger partial charge is 0.399 e. The predicted molar refractivity (Wildman–Crippen MR) is 78.9 cm³/mol. The maximum absolute atomic E-state index is 12.6. The van der Waals surface area contributed by atoms with Crippen LogP contribution in [0.1, 0.15) is 36.8 Å². The highest BCUT2D eigenvalue weighted by Crippen LogP contribution is 2.32. The van der Waals surface area contributed by atoms with Crippen LogP contribution in [0.3, 0.4) is 0 Å². The lowest BCUT2D eigenvalue weighted by Crippen LogP contribution is -2.49. The van der Waals surface area contributed by atoms with Crippen LogP contribution in [0.4, 0.5) is 5.69 Å². The molecule has 0 atom stereocenters. The highest BCUT2D eigenvalue weighted by molar-refractivity contribution is 7.89. The zero-order valence-electron chi connectivity index (χ0n) is 11.9. The van der Waals surface area contributed by atoms with E-state index in [-0.39, 0.29) is 11.5 Å². The van der Waals surface area contributed by atoms with Crippen molar-refractivity contribution in [3.63, 3.8) is 0 Å². The number of aryl methyl sites for hydroxylation is 1. The molecule has 1 fully saturated rings. The van der Waals surface area contributed by atoms with Crippen molar-refractivity contribution in [1.29, 1.82) is 0 Å². The van der Waals surface area contributed by atoms with E-state index in [1.54, 1.807) is 13.0 Å². The van der Waals surface area contributed by atoms with Crippen LogP contribution in [0.2, 0.25) is 0 Å².